The van der Waals surface area contributed by atoms with Gasteiger partial charge in [0.05, 0.1) is 29.1 Å². The molecule has 0 radical (unpaired) electrons. The van der Waals surface area contributed by atoms with Crippen molar-refractivity contribution < 1.29 is 36.7 Å². The van der Waals surface area contributed by atoms with Gasteiger partial charge in [0.1, 0.15) is 11.9 Å². The summed E-state index contributed by atoms with van der Waals surface area (Å²) in [5, 5.41) is 5.08. The number of carbonyl (C=O) groups excluding carboxylic acids is 3. The van der Waals surface area contributed by atoms with Crippen molar-refractivity contribution in [3.8, 4) is 0 Å². The van der Waals surface area contributed by atoms with E-state index in [-0.39, 0.29) is 29.1 Å². The van der Waals surface area contributed by atoms with Crippen LogP contribution in [-0.2, 0) is 29.1 Å². The molecule has 2 aromatic rings. The summed E-state index contributed by atoms with van der Waals surface area (Å²) in [7, 11) is -1.30. The minimum absolute atomic E-state index is 0.105. The van der Waals surface area contributed by atoms with Gasteiger partial charge in [-0.3, -0.25) is 14.4 Å². The van der Waals surface area contributed by atoms with E-state index in [2.05, 4.69) is 0 Å². The van der Waals surface area contributed by atoms with Crippen molar-refractivity contribution in [2.24, 2.45) is 5.14 Å². The molecule has 1 aliphatic heterocycles. The first-order valence-electron chi connectivity index (χ1n) is 9.69. The van der Waals surface area contributed by atoms with Crippen LogP contribution in [0.15, 0.2) is 53.4 Å². The lowest BCUT2D eigenvalue weighted by Gasteiger charge is -2.30. The zero-order chi connectivity index (χ0) is 24.3. The number of benzene rings is 2. The fourth-order valence-electron chi connectivity index (χ4n) is 3.46. The van der Waals surface area contributed by atoms with E-state index in [1.165, 1.54) is 44.6 Å². The van der Waals surface area contributed by atoms with E-state index in [9.17, 15) is 27.2 Å². The third kappa shape index (κ3) is 5.09. The highest BCUT2D eigenvalue weighted by atomic mass is 32.2. The molecule has 10 nitrogen and oxygen atoms in total. The van der Waals surface area contributed by atoms with E-state index < -0.39 is 45.9 Å². The van der Waals surface area contributed by atoms with Crippen LogP contribution < -0.4 is 10.0 Å². The van der Waals surface area contributed by atoms with Crippen molar-refractivity contribution in [2.75, 3.05) is 25.7 Å². The molecule has 0 aliphatic carbocycles. The van der Waals surface area contributed by atoms with Crippen molar-refractivity contribution in [1.82, 2.24) is 4.90 Å². The molecule has 2 N–H and O–H groups in total. The Morgan fingerprint density at radius 3 is 2.30 bits per heavy atom. The van der Waals surface area contributed by atoms with Crippen LogP contribution in [0.3, 0.4) is 0 Å². The molecule has 3 amide bonds. The summed E-state index contributed by atoms with van der Waals surface area (Å²) >= 11 is 0. The highest BCUT2D eigenvalue weighted by molar-refractivity contribution is 7.89. The third-order valence-electron chi connectivity index (χ3n) is 5.16. The molecule has 176 valence electrons. The van der Waals surface area contributed by atoms with Gasteiger partial charge in [0.2, 0.25) is 15.9 Å². The molecule has 0 bridgehead atoms. The minimum Gasteiger partial charge on any atom is -0.354 e. The van der Waals surface area contributed by atoms with Crippen LogP contribution in [0.5, 0.6) is 0 Å². The maximum absolute atomic E-state index is 14.3. The quantitative estimate of drug-likeness (QED) is 0.438. The van der Waals surface area contributed by atoms with Gasteiger partial charge in [0.25, 0.3) is 11.8 Å². The number of hydrogen-bond acceptors (Lipinski definition) is 7. The lowest BCUT2D eigenvalue weighted by atomic mass is 10.1. The zero-order valence-corrected chi connectivity index (χ0v) is 18.6. The average Bonchev–Trinajstić information content (AvgIpc) is 3.07. The SMILES string of the molecule is COC(CN(C(=O)c1ccccc1F)C1CC(=O)N(c2ccc(S(N)(=O)=O)cc2)C1=O)OC. The first kappa shape index (κ1) is 24.5. The largest absolute Gasteiger partial charge is 0.354 e. The second kappa shape index (κ2) is 9.75. The van der Waals surface area contributed by atoms with E-state index in [1.54, 1.807) is 0 Å². The number of ether oxygens (including phenoxy) is 2. The predicted octanol–water partition coefficient (Wildman–Crippen LogP) is 0.866. The smallest absolute Gasteiger partial charge is 0.257 e. The number of halogens is 1. The van der Waals surface area contributed by atoms with Crippen molar-refractivity contribution in [3.05, 3.63) is 59.9 Å². The maximum atomic E-state index is 14.3. The first-order valence-corrected chi connectivity index (χ1v) is 11.2. The maximum Gasteiger partial charge on any atom is 0.257 e. The highest BCUT2D eigenvalue weighted by Crippen LogP contribution is 2.28. The number of imide groups is 1. The van der Waals surface area contributed by atoms with Crippen LogP contribution in [0.1, 0.15) is 16.8 Å². The fraction of sp³-hybridized carbons (Fsp3) is 0.286. The lowest BCUT2D eigenvalue weighted by Crippen LogP contribution is -2.49. The van der Waals surface area contributed by atoms with Crippen LogP contribution >= 0.6 is 0 Å². The Morgan fingerprint density at radius 2 is 1.76 bits per heavy atom. The molecule has 1 atom stereocenters. The van der Waals surface area contributed by atoms with Crippen molar-refractivity contribution in [1.29, 1.82) is 0 Å². The molecule has 3 rings (SSSR count). The summed E-state index contributed by atoms with van der Waals surface area (Å²) in [6.07, 6.45) is -1.30. The monoisotopic (exact) mass is 479 g/mol. The number of methoxy groups -OCH3 is 2. The van der Waals surface area contributed by atoms with Crippen molar-refractivity contribution >= 4 is 33.4 Å². The van der Waals surface area contributed by atoms with Crippen LogP contribution in [0.2, 0.25) is 0 Å². The van der Waals surface area contributed by atoms with Crippen LogP contribution in [0.4, 0.5) is 10.1 Å². The Labute approximate surface area is 189 Å². The Morgan fingerprint density at radius 1 is 1.15 bits per heavy atom. The number of rotatable bonds is 8. The summed E-state index contributed by atoms with van der Waals surface area (Å²) in [5.74, 6) is -2.96. The topological polar surface area (TPSA) is 136 Å². The van der Waals surface area contributed by atoms with Gasteiger partial charge in [-0.05, 0) is 36.4 Å². The van der Waals surface area contributed by atoms with E-state index in [4.69, 9.17) is 14.6 Å². The number of amides is 3. The van der Waals surface area contributed by atoms with Gasteiger partial charge in [0, 0.05) is 14.2 Å². The molecular weight excluding hydrogens is 457 g/mol. The second-order valence-corrected chi connectivity index (χ2v) is 8.73. The van der Waals surface area contributed by atoms with Gasteiger partial charge in [-0.15, -0.1) is 0 Å². The fourth-order valence-corrected chi connectivity index (χ4v) is 3.98. The molecule has 1 fully saturated rings. The number of primary sulfonamides is 1. The molecule has 1 aliphatic rings. The number of nitrogens with zero attached hydrogens (tertiary/aromatic N) is 2. The third-order valence-corrected chi connectivity index (χ3v) is 6.09. The van der Waals surface area contributed by atoms with Gasteiger partial charge in [-0.2, -0.15) is 0 Å². The molecule has 12 heteroatoms. The summed E-state index contributed by atoms with van der Waals surface area (Å²) < 4.78 is 47.5. The van der Waals surface area contributed by atoms with Gasteiger partial charge < -0.3 is 14.4 Å². The number of anilines is 1. The number of carbonyl (C=O) groups is 3. The number of sulfonamides is 1. The lowest BCUT2D eigenvalue weighted by molar-refractivity contribution is -0.128. The van der Waals surface area contributed by atoms with Crippen molar-refractivity contribution in [3.63, 3.8) is 0 Å². The van der Waals surface area contributed by atoms with Crippen LogP contribution in [0.25, 0.3) is 0 Å². The summed E-state index contributed by atoms with van der Waals surface area (Å²) in [6.45, 7) is -0.248. The van der Waals surface area contributed by atoms with E-state index >= 15 is 0 Å². The molecule has 2 aromatic carbocycles. The molecule has 33 heavy (non-hydrogen) atoms. The highest BCUT2D eigenvalue weighted by Gasteiger charge is 2.45. The van der Waals surface area contributed by atoms with Crippen LogP contribution in [-0.4, -0.2) is 64.1 Å². The molecule has 1 unspecified atom stereocenters. The van der Waals surface area contributed by atoms with Crippen molar-refractivity contribution in [2.45, 2.75) is 23.6 Å². The summed E-state index contributed by atoms with van der Waals surface area (Å²) in [5.41, 5.74) is -0.173. The first-order chi connectivity index (χ1) is 15.6. The van der Waals surface area contributed by atoms with Crippen LogP contribution in [0, 0.1) is 5.82 Å². The normalized spacial score (nSPS) is 16.5. The van der Waals surface area contributed by atoms with E-state index in [1.807, 2.05) is 0 Å². The summed E-state index contributed by atoms with van der Waals surface area (Å²) in [4.78, 5) is 40.8. The van der Waals surface area contributed by atoms with Gasteiger partial charge in [-0.1, -0.05) is 12.1 Å². The zero-order valence-electron chi connectivity index (χ0n) is 17.8. The molecule has 0 aromatic heterocycles. The Kier molecular flexibility index (Phi) is 7.22. The van der Waals surface area contributed by atoms with Gasteiger partial charge >= 0.3 is 0 Å². The number of nitrogens with two attached hydrogens (primary N) is 1. The second-order valence-electron chi connectivity index (χ2n) is 7.16. The molecule has 0 saturated carbocycles. The molecule has 0 spiro atoms. The minimum atomic E-state index is -3.96. The molecule has 1 heterocycles. The standard InChI is InChI=1S/C21H22FN3O7S/c1-31-19(32-2)12-24(20(27)15-5-3-4-6-16(15)22)17-11-18(26)25(21(17)28)13-7-9-14(10-8-13)33(23,29)30/h3-10,17,19H,11-12H2,1-2H3,(H2,23,29,30). The Hall–Kier alpha value is -3.19. The Balaban J connectivity index is 1.96. The molecular formula is C21H22FN3O7S. The predicted molar refractivity (Wildman–Crippen MR) is 114 cm³/mol. The summed E-state index contributed by atoms with van der Waals surface area (Å²) in [6, 6.07) is 8.85. The van der Waals surface area contributed by atoms with Gasteiger partial charge in [-0.25, -0.2) is 22.8 Å². The van der Waals surface area contributed by atoms with Gasteiger partial charge in [0.15, 0.2) is 6.29 Å². The average molecular weight is 479 g/mol. The number of hydrogen-bond donors (Lipinski definition) is 1. The van der Waals surface area contributed by atoms with E-state index in [0.717, 1.165) is 28.0 Å². The Bertz CT molecular complexity index is 1170. The molecule has 1 saturated heterocycles. The van der Waals surface area contributed by atoms with E-state index in [0.29, 0.717) is 0 Å².